The van der Waals surface area contributed by atoms with Gasteiger partial charge in [-0.05, 0) is 31.9 Å². The van der Waals surface area contributed by atoms with E-state index in [1.165, 1.54) is 0 Å². The summed E-state index contributed by atoms with van der Waals surface area (Å²) in [6, 6.07) is 3.62. The number of aliphatic hydroxyl groups excluding tert-OH is 1. The third-order valence-electron chi connectivity index (χ3n) is 3.63. The molecule has 5 nitrogen and oxygen atoms in total. The molecule has 1 fully saturated rings. The van der Waals surface area contributed by atoms with E-state index >= 15 is 0 Å². The van der Waals surface area contributed by atoms with E-state index in [0.717, 1.165) is 5.56 Å². The summed E-state index contributed by atoms with van der Waals surface area (Å²) in [5.41, 5.74) is 0.942. The molecule has 2 N–H and O–H groups in total. The SMILES string of the molecule is CC1(C)CNC(=O)C(CCO)N1Cc1cccnc1. The standard InChI is InChI=1S/C14H21N3O2/c1-14(2)10-16-13(19)12(5-7-18)17(14)9-11-4-3-6-15-8-11/h3-4,6,8,12,18H,5,7,9-10H2,1-2H3,(H,16,19). The Morgan fingerprint density at radius 2 is 2.37 bits per heavy atom. The first-order valence-corrected chi connectivity index (χ1v) is 6.59. The maximum Gasteiger partial charge on any atom is 0.237 e. The second-order valence-electron chi connectivity index (χ2n) is 5.55. The molecule has 0 radical (unpaired) electrons. The summed E-state index contributed by atoms with van der Waals surface area (Å²) in [6.45, 7) is 5.50. The highest BCUT2D eigenvalue weighted by atomic mass is 16.3. The predicted molar refractivity (Wildman–Crippen MR) is 72.4 cm³/mol. The fraction of sp³-hybridized carbons (Fsp3) is 0.571. The van der Waals surface area contributed by atoms with E-state index in [9.17, 15) is 9.90 Å². The fourth-order valence-electron chi connectivity index (χ4n) is 2.51. The number of piperazine rings is 1. The first-order chi connectivity index (χ1) is 9.04. The molecule has 1 aromatic heterocycles. The number of pyridine rings is 1. The molecule has 0 aliphatic carbocycles. The van der Waals surface area contributed by atoms with Gasteiger partial charge >= 0.3 is 0 Å². The number of hydrogen-bond donors (Lipinski definition) is 2. The molecule has 5 heteroatoms. The van der Waals surface area contributed by atoms with Gasteiger partial charge in [0.25, 0.3) is 0 Å². The molecular weight excluding hydrogens is 242 g/mol. The van der Waals surface area contributed by atoms with Gasteiger partial charge < -0.3 is 10.4 Å². The van der Waals surface area contributed by atoms with Crippen molar-refractivity contribution in [1.82, 2.24) is 15.2 Å². The van der Waals surface area contributed by atoms with Crippen LogP contribution in [0.15, 0.2) is 24.5 Å². The van der Waals surface area contributed by atoms with Gasteiger partial charge in [-0.25, -0.2) is 0 Å². The summed E-state index contributed by atoms with van der Waals surface area (Å²) >= 11 is 0. The minimum absolute atomic E-state index is 0.00253. The Morgan fingerprint density at radius 3 is 3.00 bits per heavy atom. The van der Waals surface area contributed by atoms with Gasteiger partial charge in [-0.1, -0.05) is 6.07 Å². The third-order valence-corrected chi connectivity index (χ3v) is 3.63. The minimum atomic E-state index is -0.283. The Balaban J connectivity index is 2.22. The fourth-order valence-corrected chi connectivity index (χ4v) is 2.51. The first-order valence-electron chi connectivity index (χ1n) is 6.59. The van der Waals surface area contributed by atoms with Gasteiger partial charge in [0.05, 0.1) is 6.04 Å². The molecule has 0 spiro atoms. The normalized spacial score (nSPS) is 23.1. The zero-order valence-electron chi connectivity index (χ0n) is 11.5. The molecule has 1 unspecified atom stereocenters. The van der Waals surface area contributed by atoms with Gasteiger partial charge in [0.2, 0.25) is 5.91 Å². The van der Waals surface area contributed by atoms with Crippen LogP contribution in [0.5, 0.6) is 0 Å². The highest BCUT2D eigenvalue weighted by Gasteiger charge is 2.40. The number of hydrogen-bond acceptors (Lipinski definition) is 4. The summed E-state index contributed by atoms with van der Waals surface area (Å²) in [4.78, 5) is 18.3. The van der Waals surface area contributed by atoms with Crippen LogP contribution in [0.2, 0.25) is 0 Å². The predicted octanol–water partition coefficient (Wildman–Crippen LogP) is 0.543. The van der Waals surface area contributed by atoms with Gasteiger partial charge in [-0.3, -0.25) is 14.7 Å². The van der Waals surface area contributed by atoms with Crippen molar-refractivity contribution in [3.8, 4) is 0 Å². The lowest BCUT2D eigenvalue weighted by Crippen LogP contribution is -2.65. The van der Waals surface area contributed by atoms with Crippen molar-refractivity contribution in [3.05, 3.63) is 30.1 Å². The van der Waals surface area contributed by atoms with Gasteiger partial charge in [0, 0.05) is 37.6 Å². The second kappa shape index (κ2) is 5.67. The van der Waals surface area contributed by atoms with Crippen LogP contribution in [0.3, 0.4) is 0 Å². The number of amides is 1. The van der Waals surface area contributed by atoms with E-state index in [-0.39, 0.29) is 24.1 Å². The van der Waals surface area contributed by atoms with E-state index in [1.54, 1.807) is 6.20 Å². The molecule has 1 aromatic rings. The largest absolute Gasteiger partial charge is 0.396 e. The van der Waals surface area contributed by atoms with Crippen LogP contribution < -0.4 is 5.32 Å². The third kappa shape index (κ3) is 3.11. The lowest BCUT2D eigenvalue weighted by Gasteiger charge is -2.47. The summed E-state index contributed by atoms with van der Waals surface area (Å²) in [5, 5.41) is 12.1. The molecule has 19 heavy (non-hydrogen) atoms. The number of aliphatic hydroxyl groups is 1. The Hall–Kier alpha value is -1.46. The van der Waals surface area contributed by atoms with Crippen LogP contribution in [-0.4, -0.2) is 45.6 Å². The summed E-state index contributed by atoms with van der Waals surface area (Å²) < 4.78 is 0. The van der Waals surface area contributed by atoms with E-state index in [1.807, 2.05) is 18.3 Å². The van der Waals surface area contributed by atoms with Gasteiger partial charge in [0.15, 0.2) is 0 Å². The molecule has 1 amide bonds. The average molecular weight is 263 g/mol. The van der Waals surface area contributed by atoms with Crippen molar-refractivity contribution in [2.75, 3.05) is 13.2 Å². The monoisotopic (exact) mass is 263 g/mol. The number of rotatable bonds is 4. The molecule has 2 rings (SSSR count). The molecule has 1 aliphatic heterocycles. The highest BCUT2D eigenvalue weighted by molar-refractivity contribution is 5.82. The van der Waals surface area contributed by atoms with Crippen LogP contribution in [0, 0.1) is 0 Å². The number of carbonyl (C=O) groups is 1. The van der Waals surface area contributed by atoms with Crippen molar-refractivity contribution >= 4 is 5.91 Å². The lowest BCUT2D eigenvalue weighted by atomic mass is 9.93. The summed E-state index contributed by atoms with van der Waals surface area (Å²) in [6.07, 6.45) is 4.01. The van der Waals surface area contributed by atoms with Crippen LogP contribution >= 0.6 is 0 Å². The first kappa shape index (κ1) is 14.0. The molecule has 0 saturated carbocycles. The quantitative estimate of drug-likeness (QED) is 0.832. The van der Waals surface area contributed by atoms with Gasteiger partial charge in [0.1, 0.15) is 0 Å². The van der Waals surface area contributed by atoms with Crippen molar-refractivity contribution in [2.45, 2.75) is 38.4 Å². The molecule has 0 aromatic carbocycles. The number of aromatic nitrogens is 1. The van der Waals surface area contributed by atoms with E-state index < -0.39 is 0 Å². The van der Waals surface area contributed by atoms with Crippen molar-refractivity contribution in [2.24, 2.45) is 0 Å². The number of carbonyl (C=O) groups excluding carboxylic acids is 1. The van der Waals surface area contributed by atoms with Crippen LogP contribution in [-0.2, 0) is 11.3 Å². The van der Waals surface area contributed by atoms with Crippen LogP contribution in [0.1, 0.15) is 25.8 Å². The van der Waals surface area contributed by atoms with Crippen molar-refractivity contribution in [1.29, 1.82) is 0 Å². The Morgan fingerprint density at radius 1 is 1.58 bits per heavy atom. The smallest absolute Gasteiger partial charge is 0.237 e. The Labute approximate surface area is 113 Å². The van der Waals surface area contributed by atoms with Crippen LogP contribution in [0.4, 0.5) is 0 Å². The van der Waals surface area contributed by atoms with Crippen LogP contribution in [0.25, 0.3) is 0 Å². The minimum Gasteiger partial charge on any atom is -0.396 e. The zero-order chi connectivity index (χ0) is 13.9. The zero-order valence-corrected chi connectivity index (χ0v) is 11.5. The molecule has 2 heterocycles. The molecule has 104 valence electrons. The average Bonchev–Trinajstić information content (AvgIpc) is 2.40. The summed E-state index contributed by atoms with van der Waals surface area (Å²) in [7, 11) is 0. The number of nitrogens with zero attached hydrogens (tertiary/aromatic N) is 2. The van der Waals surface area contributed by atoms with Gasteiger partial charge in [-0.2, -0.15) is 0 Å². The van der Waals surface area contributed by atoms with E-state index in [4.69, 9.17) is 0 Å². The molecule has 0 bridgehead atoms. The number of nitrogens with one attached hydrogen (secondary N) is 1. The van der Waals surface area contributed by atoms with Crippen molar-refractivity contribution in [3.63, 3.8) is 0 Å². The highest BCUT2D eigenvalue weighted by Crippen LogP contribution is 2.25. The Bertz CT molecular complexity index is 434. The van der Waals surface area contributed by atoms with Gasteiger partial charge in [-0.15, -0.1) is 0 Å². The molecular formula is C14H21N3O2. The maximum absolute atomic E-state index is 12.0. The topological polar surface area (TPSA) is 65.5 Å². The Kier molecular flexibility index (Phi) is 4.17. The van der Waals surface area contributed by atoms with E-state index in [0.29, 0.717) is 19.5 Å². The lowest BCUT2D eigenvalue weighted by molar-refractivity contribution is -0.135. The molecule has 1 atom stereocenters. The summed E-state index contributed by atoms with van der Waals surface area (Å²) in [5.74, 6) is -0.00253. The molecule has 1 saturated heterocycles. The maximum atomic E-state index is 12.0. The second-order valence-corrected chi connectivity index (χ2v) is 5.55. The van der Waals surface area contributed by atoms with Crippen molar-refractivity contribution < 1.29 is 9.90 Å². The molecule has 1 aliphatic rings. The van der Waals surface area contributed by atoms with E-state index in [2.05, 4.69) is 29.0 Å².